The highest BCUT2D eigenvalue weighted by atomic mass is 16.3. The molecular formula is C19H13N5O. The molecule has 0 bridgehead atoms. The van der Waals surface area contributed by atoms with Crippen LogP contribution < -0.4 is 5.73 Å². The van der Waals surface area contributed by atoms with Gasteiger partial charge in [0.25, 0.3) is 0 Å². The summed E-state index contributed by atoms with van der Waals surface area (Å²) in [5.41, 5.74) is 10.2. The molecule has 0 spiro atoms. The predicted octanol–water partition coefficient (Wildman–Crippen LogP) is 3.65. The first-order chi connectivity index (χ1) is 12.3. The molecule has 0 aliphatic heterocycles. The number of aromatic nitrogens is 3. The maximum atomic E-state index is 9.40. The Morgan fingerprint density at radius 3 is 2.68 bits per heavy atom. The first kappa shape index (κ1) is 14.7. The lowest BCUT2D eigenvalue weighted by Gasteiger charge is -2.07. The Kier molecular flexibility index (Phi) is 3.52. The van der Waals surface area contributed by atoms with E-state index in [-0.39, 0.29) is 5.82 Å². The molecule has 0 atom stereocenters. The summed E-state index contributed by atoms with van der Waals surface area (Å²) in [5.74, 6) is 0.184. The van der Waals surface area contributed by atoms with Crippen LogP contribution in [0.2, 0.25) is 0 Å². The van der Waals surface area contributed by atoms with Crippen molar-refractivity contribution in [2.75, 3.05) is 5.73 Å². The van der Waals surface area contributed by atoms with Gasteiger partial charge in [0, 0.05) is 22.9 Å². The van der Waals surface area contributed by atoms with Crippen LogP contribution in [0.4, 0.5) is 5.82 Å². The largest absolute Gasteiger partial charge is 0.472 e. The van der Waals surface area contributed by atoms with E-state index in [0.717, 1.165) is 16.8 Å². The second-order valence-electron chi connectivity index (χ2n) is 5.45. The van der Waals surface area contributed by atoms with Gasteiger partial charge in [0.1, 0.15) is 17.5 Å². The van der Waals surface area contributed by atoms with Gasteiger partial charge in [0.15, 0.2) is 0 Å². The topological polar surface area (TPSA) is 93.7 Å². The van der Waals surface area contributed by atoms with E-state index in [1.54, 1.807) is 29.5 Å². The number of nitrogen functional groups attached to an aromatic ring is 1. The second-order valence-corrected chi connectivity index (χ2v) is 5.45. The van der Waals surface area contributed by atoms with E-state index in [1.807, 2.05) is 42.6 Å². The number of hydrogen-bond acceptors (Lipinski definition) is 5. The van der Waals surface area contributed by atoms with Crippen molar-refractivity contribution < 1.29 is 4.42 Å². The van der Waals surface area contributed by atoms with Crippen molar-refractivity contribution in [2.45, 2.75) is 0 Å². The molecule has 0 saturated carbocycles. The van der Waals surface area contributed by atoms with Crippen LogP contribution in [0.5, 0.6) is 0 Å². The third-order valence-corrected chi connectivity index (χ3v) is 3.89. The summed E-state index contributed by atoms with van der Waals surface area (Å²) in [6.45, 7) is 0. The molecule has 0 aliphatic carbocycles. The summed E-state index contributed by atoms with van der Waals surface area (Å²) < 4.78 is 6.90. The summed E-state index contributed by atoms with van der Waals surface area (Å²) in [6.07, 6.45) is 6.73. The first-order valence-corrected chi connectivity index (χ1v) is 7.60. The normalized spacial score (nSPS) is 10.5. The lowest BCUT2D eigenvalue weighted by molar-refractivity contribution is 0.568. The van der Waals surface area contributed by atoms with Crippen LogP contribution in [-0.4, -0.2) is 14.8 Å². The highest BCUT2D eigenvalue weighted by Gasteiger charge is 2.15. The zero-order valence-electron chi connectivity index (χ0n) is 13.1. The van der Waals surface area contributed by atoms with Crippen LogP contribution in [0.15, 0.2) is 71.8 Å². The average molecular weight is 327 g/mol. The molecule has 3 heterocycles. The molecule has 6 nitrogen and oxygen atoms in total. The number of para-hydroxylation sites is 1. The molecule has 4 rings (SSSR count). The zero-order chi connectivity index (χ0) is 17.2. The van der Waals surface area contributed by atoms with Crippen LogP contribution in [0.1, 0.15) is 5.56 Å². The van der Waals surface area contributed by atoms with E-state index in [0.29, 0.717) is 16.8 Å². The monoisotopic (exact) mass is 327 g/mol. The van der Waals surface area contributed by atoms with Crippen molar-refractivity contribution >= 4 is 5.82 Å². The van der Waals surface area contributed by atoms with E-state index in [2.05, 4.69) is 16.2 Å². The lowest BCUT2D eigenvalue weighted by Crippen LogP contribution is -1.99. The number of pyridine rings is 1. The number of benzene rings is 1. The highest BCUT2D eigenvalue weighted by molar-refractivity contribution is 5.79. The van der Waals surface area contributed by atoms with E-state index in [9.17, 15) is 5.26 Å². The van der Waals surface area contributed by atoms with E-state index in [4.69, 9.17) is 10.2 Å². The third-order valence-electron chi connectivity index (χ3n) is 3.89. The summed E-state index contributed by atoms with van der Waals surface area (Å²) in [6, 6.07) is 15.5. The number of furan rings is 1. The Labute approximate surface area is 143 Å². The maximum absolute atomic E-state index is 9.40. The second kappa shape index (κ2) is 5.98. The fraction of sp³-hybridized carbons (Fsp3) is 0. The standard InChI is InChI=1S/C19H13N5O/c20-9-17-16(13-6-7-25-12-13)8-18(23-19(17)21)14-10-22-24(11-14)15-4-2-1-3-5-15/h1-8,10-12H,(H2,21,23). The first-order valence-electron chi connectivity index (χ1n) is 7.60. The SMILES string of the molecule is N#Cc1c(-c2ccoc2)cc(-c2cnn(-c3ccccc3)c2)nc1N. The van der Waals surface area contributed by atoms with E-state index >= 15 is 0 Å². The molecule has 2 N–H and O–H groups in total. The van der Waals surface area contributed by atoms with E-state index in [1.165, 1.54) is 0 Å². The van der Waals surface area contributed by atoms with Gasteiger partial charge < -0.3 is 10.2 Å². The van der Waals surface area contributed by atoms with Gasteiger partial charge in [-0.3, -0.25) is 0 Å². The number of rotatable bonds is 3. The number of anilines is 1. The highest BCUT2D eigenvalue weighted by Crippen LogP contribution is 2.31. The fourth-order valence-corrected chi connectivity index (χ4v) is 2.65. The van der Waals surface area contributed by atoms with Crippen LogP contribution in [0.25, 0.3) is 28.1 Å². The zero-order valence-corrected chi connectivity index (χ0v) is 13.1. The lowest BCUT2D eigenvalue weighted by atomic mass is 10.0. The third kappa shape index (κ3) is 2.64. The van der Waals surface area contributed by atoms with Crippen molar-refractivity contribution in [3.63, 3.8) is 0 Å². The van der Waals surface area contributed by atoms with Gasteiger partial charge in [0.05, 0.1) is 30.1 Å². The molecule has 0 amide bonds. The Morgan fingerprint density at radius 2 is 1.96 bits per heavy atom. The average Bonchev–Trinajstić information content (AvgIpc) is 3.34. The molecule has 0 radical (unpaired) electrons. The molecule has 3 aromatic heterocycles. The number of nitriles is 1. The van der Waals surface area contributed by atoms with Gasteiger partial charge in [-0.15, -0.1) is 0 Å². The Bertz CT molecular complexity index is 1060. The van der Waals surface area contributed by atoms with Crippen molar-refractivity contribution in [1.29, 1.82) is 5.26 Å². The summed E-state index contributed by atoms with van der Waals surface area (Å²) >= 11 is 0. The van der Waals surface area contributed by atoms with Crippen molar-refractivity contribution in [1.82, 2.24) is 14.8 Å². The molecule has 25 heavy (non-hydrogen) atoms. The fourth-order valence-electron chi connectivity index (χ4n) is 2.65. The number of hydrogen-bond donors (Lipinski definition) is 1. The van der Waals surface area contributed by atoms with Crippen LogP contribution in [0, 0.1) is 11.3 Å². The van der Waals surface area contributed by atoms with Crippen molar-refractivity contribution in [3.8, 4) is 34.1 Å². The Hall–Kier alpha value is -3.85. The predicted molar refractivity (Wildman–Crippen MR) is 93.6 cm³/mol. The number of nitrogens with two attached hydrogens (primary N) is 1. The van der Waals surface area contributed by atoms with Gasteiger partial charge in [-0.2, -0.15) is 10.4 Å². The van der Waals surface area contributed by atoms with Crippen LogP contribution >= 0.6 is 0 Å². The quantitative estimate of drug-likeness (QED) is 0.620. The minimum atomic E-state index is 0.184. The summed E-state index contributed by atoms with van der Waals surface area (Å²) in [5, 5.41) is 13.8. The molecule has 0 saturated heterocycles. The van der Waals surface area contributed by atoms with E-state index < -0.39 is 0 Å². The maximum Gasteiger partial charge on any atom is 0.142 e. The molecule has 0 fully saturated rings. The van der Waals surface area contributed by atoms with Crippen molar-refractivity contribution in [3.05, 3.63) is 72.9 Å². The van der Waals surface area contributed by atoms with Crippen LogP contribution in [-0.2, 0) is 0 Å². The Balaban J connectivity index is 1.82. The van der Waals surface area contributed by atoms with Gasteiger partial charge in [-0.25, -0.2) is 9.67 Å². The molecule has 6 heteroatoms. The molecule has 0 unspecified atom stereocenters. The minimum absolute atomic E-state index is 0.184. The Morgan fingerprint density at radius 1 is 1.12 bits per heavy atom. The molecule has 4 aromatic rings. The number of nitrogens with zero attached hydrogens (tertiary/aromatic N) is 4. The molecule has 0 aliphatic rings. The van der Waals surface area contributed by atoms with Crippen molar-refractivity contribution in [2.24, 2.45) is 0 Å². The summed E-state index contributed by atoms with van der Waals surface area (Å²) in [7, 11) is 0. The van der Waals surface area contributed by atoms with Crippen LogP contribution in [0.3, 0.4) is 0 Å². The molecule has 120 valence electrons. The van der Waals surface area contributed by atoms with Gasteiger partial charge in [-0.1, -0.05) is 18.2 Å². The van der Waals surface area contributed by atoms with Gasteiger partial charge in [-0.05, 0) is 24.3 Å². The minimum Gasteiger partial charge on any atom is -0.472 e. The summed E-state index contributed by atoms with van der Waals surface area (Å²) in [4.78, 5) is 4.36. The smallest absolute Gasteiger partial charge is 0.142 e. The molecular weight excluding hydrogens is 314 g/mol. The van der Waals surface area contributed by atoms with Gasteiger partial charge >= 0.3 is 0 Å². The van der Waals surface area contributed by atoms with Gasteiger partial charge in [0.2, 0.25) is 0 Å². The molecule has 1 aromatic carbocycles.